The Hall–Kier alpha value is -2.89. The van der Waals surface area contributed by atoms with E-state index < -0.39 is 12.1 Å². The molecule has 2 heterocycles. The minimum absolute atomic E-state index is 0.0206. The summed E-state index contributed by atoms with van der Waals surface area (Å²) < 4.78 is 5.85. The molecule has 1 aromatic heterocycles. The quantitative estimate of drug-likeness (QED) is 0.490. The molecule has 0 radical (unpaired) electrons. The third kappa shape index (κ3) is 2.95. The van der Waals surface area contributed by atoms with Crippen LogP contribution in [-0.2, 0) is 16.0 Å². The van der Waals surface area contributed by atoms with Crippen LogP contribution < -0.4 is 9.63 Å². The smallest absolute Gasteiger partial charge is 0.339 e. The summed E-state index contributed by atoms with van der Waals surface area (Å²) in [6.07, 6.45) is 2.29. The molecular weight excluding hydrogens is 308 g/mol. The normalized spacial score (nSPS) is 17.2. The Kier molecular flexibility index (Phi) is 4.20. The highest BCUT2D eigenvalue weighted by Crippen LogP contribution is 2.32. The van der Waals surface area contributed by atoms with Gasteiger partial charge in [-0.1, -0.05) is 18.2 Å². The van der Waals surface area contributed by atoms with Gasteiger partial charge in [0.25, 0.3) is 5.91 Å². The van der Waals surface area contributed by atoms with Gasteiger partial charge in [0.1, 0.15) is 0 Å². The minimum atomic E-state index is -0.911. The molecule has 1 aliphatic heterocycles. The Morgan fingerprint density at radius 1 is 1.25 bits per heavy atom. The molecule has 2 aromatic rings. The van der Waals surface area contributed by atoms with Crippen LogP contribution in [0.5, 0.6) is 0 Å². The van der Waals surface area contributed by atoms with Crippen molar-refractivity contribution < 1.29 is 19.1 Å². The van der Waals surface area contributed by atoms with Gasteiger partial charge >= 0.3 is 5.97 Å². The highest BCUT2D eigenvalue weighted by Gasteiger charge is 2.34. The van der Waals surface area contributed by atoms with Crippen LogP contribution in [0.3, 0.4) is 0 Å². The van der Waals surface area contributed by atoms with Crippen LogP contribution in [0.25, 0.3) is 0 Å². The Balaban J connectivity index is 1.73. The average molecular weight is 326 g/mol. The van der Waals surface area contributed by atoms with E-state index in [1.54, 1.807) is 11.8 Å². The van der Waals surface area contributed by atoms with Crippen LogP contribution in [0.1, 0.15) is 29.8 Å². The molecule has 2 atom stereocenters. The van der Waals surface area contributed by atoms with Crippen molar-refractivity contribution in [1.82, 2.24) is 0 Å². The van der Waals surface area contributed by atoms with Crippen LogP contribution in [0, 0.1) is 5.21 Å². The van der Waals surface area contributed by atoms with Crippen LogP contribution in [-0.4, -0.2) is 24.0 Å². The van der Waals surface area contributed by atoms with Crippen molar-refractivity contribution in [2.75, 3.05) is 4.90 Å². The van der Waals surface area contributed by atoms with E-state index in [4.69, 9.17) is 4.74 Å². The number of anilines is 1. The molecule has 3 rings (SSSR count). The van der Waals surface area contributed by atoms with E-state index in [9.17, 15) is 14.8 Å². The standard InChI is InChI=1S/C18H18N2O4/c1-12-11-15-5-3-4-6-16(15)20(12)17(21)13(2)24-18(22)14-7-9-19(23)10-8-14/h3-10,12-13H,11H2,1-2H3/t12-,13-/m1/s1. The number of ether oxygens (including phenoxy) is 1. The van der Waals surface area contributed by atoms with E-state index in [0.29, 0.717) is 4.73 Å². The molecule has 0 aliphatic carbocycles. The summed E-state index contributed by atoms with van der Waals surface area (Å²) in [5, 5.41) is 11.0. The number of para-hydroxylation sites is 1. The molecule has 24 heavy (non-hydrogen) atoms. The van der Waals surface area contributed by atoms with Gasteiger partial charge in [-0.2, -0.15) is 4.73 Å². The first-order valence-corrected chi connectivity index (χ1v) is 7.78. The number of fused-ring (bicyclic) bond motifs is 1. The van der Waals surface area contributed by atoms with Gasteiger partial charge < -0.3 is 14.8 Å². The molecule has 1 amide bonds. The number of hydrogen-bond donors (Lipinski definition) is 0. The zero-order valence-corrected chi connectivity index (χ0v) is 13.5. The molecule has 0 spiro atoms. The summed E-state index contributed by atoms with van der Waals surface area (Å²) in [6.45, 7) is 3.53. The Morgan fingerprint density at radius 3 is 2.62 bits per heavy atom. The zero-order valence-electron chi connectivity index (χ0n) is 13.5. The van der Waals surface area contributed by atoms with Crippen LogP contribution in [0.15, 0.2) is 48.8 Å². The predicted octanol–water partition coefficient (Wildman–Crippen LogP) is 1.84. The fraction of sp³-hybridized carbons (Fsp3) is 0.278. The zero-order chi connectivity index (χ0) is 17.3. The SMILES string of the molecule is C[C@@H]1Cc2ccccc2N1C(=O)[C@@H](C)OC(=O)c1cc[n+]([O-])cc1. The third-order valence-corrected chi connectivity index (χ3v) is 4.11. The van der Waals surface area contributed by atoms with Gasteiger partial charge in [-0.05, 0) is 31.9 Å². The van der Waals surface area contributed by atoms with Gasteiger partial charge in [0.05, 0.1) is 5.56 Å². The van der Waals surface area contributed by atoms with Crippen molar-refractivity contribution >= 4 is 17.6 Å². The first-order chi connectivity index (χ1) is 11.5. The second-order valence-corrected chi connectivity index (χ2v) is 5.88. The highest BCUT2D eigenvalue weighted by molar-refractivity contribution is 6.00. The van der Waals surface area contributed by atoms with E-state index in [1.165, 1.54) is 24.5 Å². The van der Waals surface area contributed by atoms with Crippen molar-refractivity contribution in [1.29, 1.82) is 0 Å². The molecule has 0 saturated heterocycles. The lowest BCUT2D eigenvalue weighted by molar-refractivity contribution is -0.605. The molecule has 0 unspecified atom stereocenters. The van der Waals surface area contributed by atoms with Crippen LogP contribution >= 0.6 is 0 Å². The minimum Gasteiger partial charge on any atom is -0.619 e. The second-order valence-electron chi connectivity index (χ2n) is 5.88. The van der Waals surface area contributed by atoms with Gasteiger partial charge in [0.2, 0.25) is 0 Å². The van der Waals surface area contributed by atoms with E-state index in [-0.39, 0.29) is 17.5 Å². The molecule has 0 fully saturated rings. The van der Waals surface area contributed by atoms with Crippen LogP contribution in [0.4, 0.5) is 5.69 Å². The molecular formula is C18H18N2O4. The van der Waals surface area contributed by atoms with Crippen molar-refractivity contribution in [3.8, 4) is 0 Å². The summed E-state index contributed by atoms with van der Waals surface area (Å²) in [4.78, 5) is 26.5. The van der Waals surface area contributed by atoms with E-state index in [1.807, 2.05) is 31.2 Å². The van der Waals surface area contributed by atoms with Crippen LogP contribution in [0.2, 0.25) is 0 Å². The summed E-state index contributed by atoms with van der Waals surface area (Å²) in [6, 6.07) is 10.5. The molecule has 6 heteroatoms. The van der Waals surface area contributed by atoms with E-state index >= 15 is 0 Å². The number of benzene rings is 1. The number of esters is 1. The summed E-state index contributed by atoms with van der Waals surface area (Å²) in [5.74, 6) is -0.882. The van der Waals surface area contributed by atoms with Crippen molar-refractivity contribution in [3.63, 3.8) is 0 Å². The van der Waals surface area contributed by atoms with Gasteiger partial charge in [0.15, 0.2) is 18.5 Å². The van der Waals surface area contributed by atoms with Crippen molar-refractivity contribution in [2.24, 2.45) is 0 Å². The summed E-state index contributed by atoms with van der Waals surface area (Å²) in [5.41, 5.74) is 2.21. The summed E-state index contributed by atoms with van der Waals surface area (Å²) >= 11 is 0. The number of rotatable bonds is 3. The number of amides is 1. The fourth-order valence-electron chi connectivity index (χ4n) is 2.93. The molecule has 124 valence electrons. The molecule has 1 aromatic carbocycles. The number of carbonyl (C=O) groups excluding carboxylic acids is 2. The van der Waals surface area contributed by atoms with Gasteiger partial charge in [-0.25, -0.2) is 4.79 Å². The lowest BCUT2D eigenvalue weighted by Gasteiger charge is -2.25. The van der Waals surface area contributed by atoms with E-state index in [2.05, 4.69) is 0 Å². The van der Waals surface area contributed by atoms with E-state index in [0.717, 1.165) is 17.7 Å². The number of hydrogen-bond acceptors (Lipinski definition) is 4. The molecule has 0 N–H and O–H groups in total. The van der Waals surface area contributed by atoms with Gasteiger partial charge in [-0.3, -0.25) is 4.79 Å². The maximum atomic E-state index is 12.7. The molecule has 1 aliphatic rings. The average Bonchev–Trinajstić information content (AvgIpc) is 2.90. The van der Waals surface area contributed by atoms with Gasteiger partial charge in [-0.15, -0.1) is 0 Å². The highest BCUT2D eigenvalue weighted by atomic mass is 16.5. The number of pyridine rings is 1. The Morgan fingerprint density at radius 2 is 1.92 bits per heavy atom. The Bertz CT molecular complexity index is 773. The predicted molar refractivity (Wildman–Crippen MR) is 87.4 cm³/mol. The second kappa shape index (κ2) is 6.31. The third-order valence-electron chi connectivity index (χ3n) is 4.11. The fourth-order valence-corrected chi connectivity index (χ4v) is 2.93. The monoisotopic (exact) mass is 326 g/mol. The lowest BCUT2D eigenvalue weighted by Crippen LogP contribution is -2.43. The maximum absolute atomic E-state index is 12.7. The largest absolute Gasteiger partial charge is 0.619 e. The molecule has 0 bridgehead atoms. The van der Waals surface area contributed by atoms with Crippen molar-refractivity contribution in [3.05, 3.63) is 65.1 Å². The first kappa shape index (κ1) is 16.0. The number of carbonyl (C=O) groups is 2. The molecule has 0 saturated carbocycles. The number of aromatic nitrogens is 1. The maximum Gasteiger partial charge on any atom is 0.339 e. The topological polar surface area (TPSA) is 73.5 Å². The Labute approximate surface area is 139 Å². The first-order valence-electron chi connectivity index (χ1n) is 7.78. The number of nitrogens with zero attached hydrogens (tertiary/aromatic N) is 2. The molecule has 6 nitrogen and oxygen atoms in total. The lowest BCUT2D eigenvalue weighted by atomic mass is 10.1. The summed E-state index contributed by atoms with van der Waals surface area (Å²) in [7, 11) is 0. The van der Waals surface area contributed by atoms with Crippen molar-refractivity contribution in [2.45, 2.75) is 32.4 Å². The van der Waals surface area contributed by atoms with Gasteiger partial charge in [0, 0.05) is 23.9 Å².